The van der Waals surface area contributed by atoms with Gasteiger partial charge in [-0.2, -0.15) is 0 Å². The van der Waals surface area contributed by atoms with Crippen LogP contribution in [0.3, 0.4) is 0 Å². The summed E-state index contributed by atoms with van der Waals surface area (Å²) in [5.74, 6) is -0.775. The van der Waals surface area contributed by atoms with Gasteiger partial charge in [-0.3, -0.25) is 4.79 Å². The van der Waals surface area contributed by atoms with Crippen LogP contribution < -0.4 is 10.2 Å². The highest BCUT2D eigenvalue weighted by molar-refractivity contribution is 5.98. The molecule has 1 aromatic heterocycles. The number of aryl methyl sites for hydroxylation is 1. The Kier molecular flexibility index (Phi) is 5.84. The topological polar surface area (TPSA) is 63.6 Å². The second-order valence-electron chi connectivity index (χ2n) is 8.52. The molecule has 0 radical (unpaired) electrons. The van der Waals surface area contributed by atoms with Crippen LogP contribution in [-0.4, -0.2) is 35.6 Å². The molecule has 1 aromatic carbocycles. The zero-order valence-corrected chi connectivity index (χ0v) is 18.1. The van der Waals surface area contributed by atoms with Gasteiger partial charge in [0, 0.05) is 41.9 Å². The standard InChI is InChI=1S/C24H31N3O3/c1-16-15-22(17(2)27(16)21-11-12-21)24(29)30-18(3)23(28)25-19-7-9-20(10-8-19)26-13-5-4-6-14-26/h7-10,15,18,21H,4-6,11-14H2,1-3H3,(H,25,28). The Morgan fingerprint density at radius 2 is 1.73 bits per heavy atom. The summed E-state index contributed by atoms with van der Waals surface area (Å²) in [6, 6.07) is 10.2. The molecular formula is C24H31N3O3. The summed E-state index contributed by atoms with van der Waals surface area (Å²) in [6.07, 6.45) is 5.18. The Morgan fingerprint density at radius 3 is 2.37 bits per heavy atom. The number of amides is 1. The van der Waals surface area contributed by atoms with Crippen molar-refractivity contribution >= 4 is 23.3 Å². The van der Waals surface area contributed by atoms with Gasteiger partial charge in [-0.05, 0) is 83.2 Å². The molecule has 2 aromatic rings. The quantitative estimate of drug-likeness (QED) is 0.708. The van der Waals surface area contributed by atoms with Gasteiger partial charge in [0.05, 0.1) is 5.56 Å². The maximum Gasteiger partial charge on any atom is 0.340 e. The van der Waals surface area contributed by atoms with E-state index in [4.69, 9.17) is 4.74 Å². The van der Waals surface area contributed by atoms with Crippen molar-refractivity contribution in [3.8, 4) is 0 Å². The highest BCUT2D eigenvalue weighted by Gasteiger charge is 2.29. The van der Waals surface area contributed by atoms with E-state index in [2.05, 4.69) is 14.8 Å². The van der Waals surface area contributed by atoms with Gasteiger partial charge in [-0.1, -0.05) is 0 Å². The maximum absolute atomic E-state index is 12.6. The number of benzene rings is 1. The summed E-state index contributed by atoms with van der Waals surface area (Å²) in [6.45, 7) is 7.72. The lowest BCUT2D eigenvalue weighted by Crippen LogP contribution is -2.30. The summed E-state index contributed by atoms with van der Waals surface area (Å²) >= 11 is 0. The molecule has 2 fully saturated rings. The van der Waals surface area contributed by atoms with Gasteiger partial charge >= 0.3 is 5.97 Å². The SMILES string of the molecule is Cc1cc(C(=O)OC(C)C(=O)Nc2ccc(N3CCCCC3)cc2)c(C)n1C1CC1. The third-order valence-electron chi connectivity index (χ3n) is 6.13. The van der Waals surface area contributed by atoms with Crippen LogP contribution in [0.2, 0.25) is 0 Å². The minimum Gasteiger partial charge on any atom is -0.449 e. The Bertz CT molecular complexity index is 922. The minimum absolute atomic E-state index is 0.329. The number of aromatic nitrogens is 1. The van der Waals surface area contributed by atoms with Gasteiger partial charge in [0.25, 0.3) is 5.91 Å². The molecule has 160 valence electrons. The van der Waals surface area contributed by atoms with E-state index in [1.807, 2.05) is 44.2 Å². The molecule has 1 saturated heterocycles. The van der Waals surface area contributed by atoms with Gasteiger partial charge in [0.2, 0.25) is 0 Å². The second kappa shape index (κ2) is 8.54. The number of piperidine rings is 1. The van der Waals surface area contributed by atoms with Crippen LogP contribution in [0.1, 0.15) is 66.8 Å². The molecule has 6 heteroatoms. The molecule has 1 atom stereocenters. The average Bonchev–Trinajstić information content (AvgIpc) is 3.53. The fraction of sp³-hybridized carbons (Fsp3) is 0.500. The fourth-order valence-corrected chi connectivity index (χ4v) is 4.31. The number of carbonyl (C=O) groups is 2. The largest absolute Gasteiger partial charge is 0.449 e. The minimum atomic E-state index is -0.872. The van der Waals surface area contributed by atoms with Gasteiger partial charge in [0.15, 0.2) is 6.10 Å². The maximum atomic E-state index is 12.6. The first kappa shape index (κ1) is 20.5. The highest BCUT2D eigenvalue weighted by Crippen LogP contribution is 2.38. The number of nitrogens with zero attached hydrogens (tertiary/aromatic N) is 2. The molecule has 1 N–H and O–H groups in total. The lowest BCUT2D eigenvalue weighted by Gasteiger charge is -2.28. The molecule has 0 bridgehead atoms. The van der Waals surface area contributed by atoms with E-state index in [9.17, 15) is 9.59 Å². The van der Waals surface area contributed by atoms with Gasteiger partial charge in [0.1, 0.15) is 0 Å². The van der Waals surface area contributed by atoms with Crippen molar-refractivity contribution in [1.29, 1.82) is 0 Å². The smallest absolute Gasteiger partial charge is 0.340 e. The normalized spacial score (nSPS) is 17.5. The monoisotopic (exact) mass is 409 g/mol. The van der Waals surface area contributed by atoms with Crippen molar-refractivity contribution < 1.29 is 14.3 Å². The first-order valence-electron chi connectivity index (χ1n) is 11.0. The number of esters is 1. The number of hydrogen-bond donors (Lipinski definition) is 1. The first-order valence-corrected chi connectivity index (χ1v) is 11.0. The number of ether oxygens (including phenoxy) is 1. The lowest BCUT2D eigenvalue weighted by molar-refractivity contribution is -0.123. The number of nitrogens with one attached hydrogen (secondary N) is 1. The van der Waals surface area contributed by atoms with E-state index in [0.29, 0.717) is 17.3 Å². The zero-order valence-electron chi connectivity index (χ0n) is 18.1. The molecule has 1 aliphatic carbocycles. The lowest BCUT2D eigenvalue weighted by atomic mass is 10.1. The summed E-state index contributed by atoms with van der Waals surface area (Å²) in [4.78, 5) is 27.5. The predicted molar refractivity (Wildman–Crippen MR) is 118 cm³/mol. The predicted octanol–water partition coefficient (Wildman–Crippen LogP) is 4.61. The van der Waals surface area contributed by atoms with Crippen molar-refractivity contribution in [1.82, 2.24) is 4.57 Å². The number of carbonyl (C=O) groups excluding carboxylic acids is 2. The fourth-order valence-electron chi connectivity index (χ4n) is 4.31. The number of anilines is 2. The molecule has 6 nitrogen and oxygen atoms in total. The van der Waals surface area contributed by atoms with Crippen molar-refractivity contribution in [2.24, 2.45) is 0 Å². The highest BCUT2D eigenvalue weighted by atomic mass is 16.5. The average molecular weight is 410 g/mol. The Hall–Kier alpha value is -2.76. The van der Waals surface area contributed by atoms with Crippen LogP contribution in [0.4, 0.5) is 11.4 Å². The van der Waals surface area contributed by atoms with Crippen molar-refractivity contribution in [3.05, 3.63) is 47.3 Å². The molecule has 30 heavy (non-hydrogen) atoms. The van der Waals surface area contributed by atoms with Crippen molar-refractivity contribution in [3.63, 3.8) is 0 Å². The summed E-state index contributed by atoms with van der Waals surface area (Å²) in [7, 11) is 0. The molecule has 0 spiro atoms. The van der Waals surface area contributed by atoms with E-state index in [0.717, 1.165) is 37.3 Å². The van der Waals surface area contributed by atoms with Crippen LogP contribution in [0.5, 0.6) is 0 Å². The van der Waals surface area contributed by atoms with Crippen LogP contribution in [0.15, 0.2) is 30.3 Å². The Balaban J connectivity index is 1.34. The Labute approximate surface area is 178 Å². The Morgan fingerprint density at radius 1 is 1.07 bits per heavy atom. The van der Waals surface area contributed by atoms with Gasteiger partial charge in [-0.25, -0.2) is 4.79 Å². The molecule has 2 heterocycles. The molecule has 1 amide bonds. The van der Waals surface area contributed by atoms with Crippen LogP contribution >= 0.6 is 0 Å². The van der Waals surface area contributed by atoms with Crippen LogP contribution in [-0.2, 0) is 9.53 Å². The number of hydrogen-bond acceptors (Lipinski definition) is 4. The third kappa shape index (κ3) is 4.37. The van der Waals surface area contributed by atoms with E-state index in [1.54, 1.807) is 6.92 Å². The van der Waals surface area contributed by atoms with Crippen LogP contribution in [0, 0.1) is 13.8 Å². The molecule has 4 rings (SSSR count). The molecular weight excluding hydrogens is 378 g/mol. The number of rotatable bonds is 6. The third-order valence-corrected chi connectivity index (χ3v) is 6.13. The zero-order chi connectivity index (χ0) is 21.3. The molecule has 1 saturated carbocycles. The van der Waals surface area contributed by atoms with Gasteiger partial charge < -0.3 is 19.5 Å². The first-order chi connectivity index (χ1) is 14.4. The summed E-state index contributed by atoms with van der Waals surface area (Å²) in [5, 5.41) is 2.85. The van der Waals surface area contributed by atoms with E-state index in [1.165, 1.54) is 24.9 Å². The van der Waals surface area contributed by atoms with Crippen LogP contribution in [0.25, 0.3) is 0 Å². The summed E-state index contributed by atoms with van der Waals surface area (Å²) < 4.78 is 7.67. The molecule has 2 aliphatic rings. The van der Waals surface area contributed by atoms with E-state index < -0.39 is 12.1 Å². The van der Waals surface area contributed by atoms with E-state index in [-0.39, 0.29) is 5.91 Å². The van der Waals surface area contributed by atoms with E-state index >= 15 is 0 Å². The summed E-state index contributed by atoms with van der Waals surface area (Å²) in [5.41, 5.74) is 4.41. The molecule has 1 aliphatic heterocycles. The van der Waals surface area contributed by atoms with Crippen molar-refractivity contribution in [2.75, 3.05) is 23.3 Å². The molecule has 1 unspecified atom stereocenters. The van der Waals surface area contributed by atoms with Gasteiger partial charge in [-0.15, -0.1) is 0 Å². The van der Waals surface area contributed by atoms with Crippen molar-refractivity contribution in [2.45, 2.75) is 65.0 Å². The second-order valence-corrected chi connectivity index (χ2v) is 8.52.